The van der Waals surface area contributed by atoms with Gasteiger partial charge in [0.25, 0.3) is 0 Å². The monoisotopic (exact) mass is 361 g/mol. The standard InChI is InChI=1S/C25H31NO/c1-3-19(2)16-20-4-6-22(7-5-20)18-27-25-14-12-24(13-15-25)23-10-8-21(17-26)9-11-23/h8-15,19-20,22H,3-7,16,18H2,1-2H3. The van der Waals surface area contributed by atoms with E-state index < -0.39 is 0 Å². The topological polar surface area (TPSA) is 33.0 Å². The number of nitrogens with zero attached hydrogens (tertiary/aromatic N) is 1. The van der Waals surface area contributed by atoms with Gasteiger partial charge in [-0.25, -0.2) is 0 Å². The first-order valence-corrected chi connectivity index (χ1v) is 10.4. The molecule has 0 bridgehead atoms. The summed E-state index contributed by atoms with van der Waals surface area (Å²) in [7, 11) is 0. The van der Waals surface area contributed by atoms with Gasteiger partial charge in [0.1, 0.15) is 5.75 Å². The maximum Gasteiger partial charge on any atom is 0.119 e. The van der Waals surface area contributed by atoms with Gasteiger partial charge in [0.15, 0.2) is 0 Å². The lowest BCUT2D eigenvalue weighted by Crippen LogP contribution is -2.21. The molecule has 0 saturated heterocycles. The third-order valence-electron chi connectivity index (χ3n) is 6.09. The highest BCUT2D eigenvalue weighted by atomic mass is 16.5. The van der Waals surface area contributed by atoms with Crippen LogP contribution in [0.1, 0.15) is 57.9 Å². The Kier molecular flexibility index (Phi) is 6.93. The molecule has 1 unspecified atom stereocenters. The molecule has 0 heterocycles. The first kappa shape index (κ1) is 19.5. The van der Waals surface area contributed by atoms with Gasteiger partial charge in [-0.05, 0) is 72.4 Å². The van der Waals surface area contributed by atoms with Crippen LogP contribution in [0.2, 0.25) is 0 Å². The molecule has 142 valence electrons. The fraction of sp³-hybridized carbons (Fsp3) is 0.480. The fourth-order valence-electron chi connectivity index (χ4n) is 4.06. The summed E-state index contributed by atoms with van der Waals surface area (Å²) in [6.45, 7) is 5.53. The van der Waals surface area contributed by atoms with Crippen molar-refractivity contribution in [2.75, 3.05) is 6.61 Å². The van der Waals surface area contributed by atoms with E-state index in [1.54, 1.807) is 0 Å². The van der Waals surface area contributed by atoms with E-state index in [0.29, 0.717) is 11.5 Å². The quantitative estimate of drug-likeness (QED) is 0.540. The molecule has 2 aromatic carbocycles. The number of ether oxygens (including phenoxy) is 1. The van der Waals surface area contributed by atoms with Gasteiger partial charge in [-0.2, -0.15) is 5.26 Å². The summed E-state index contributed by atoms with van der Waals surface area (Å²) in [6.07, 6.45) is 8.07. The Bertz CT molecular complexity index is 733. The van der Waals surface area contributed by atoms with Crippen LogP contribution < -0.4 is 4.74 Å². The Morgan fingerprint density at radius 3 is 2.04 bits per heavy atom. The Balaban J connectivity index is 1.46. The summed E-state index contributed by atoms with van der Waals surface area (Å²) in [5.74, 6) is 3.46. The molecule has 0 aromatic heterocycles. The molecule has 0 N–H and O–H groups in total. The van der Waals surface area contributed by atoms with Crippen molar-refractivity contribution in [1.29, 1.82) is 5.26 Å². The third kappa shape index (κ3) is 5.60. The first-order chi connectivity index (χ1) is 13.2. The molecule has 0 spiro atoms. The average Bonchev–Trinajstić information content (AvgIpc) is 2.73. The minimum absolute atomic E-state index is 0.692. The van der Waals surface area contributed by atoms with Crippen LogP contribution in [0.3, 0.4) is 0 Å². The van der Waals surface area contributed by atoms with Gasteiger partial charge in [0, 0.05) is 0 Å². The molecule has 2 aromatic rings. The smallest absolute Gasteiger partial charge is 0.119 e. The molecule has 0 aliphatic heterocycles. The second kappa shape index (κ2) is 9.60. The van der Waals surface area contributed by atoms with E-state index in [1.807, 2.05) is 24.3 Å². The van der Waals surface area contributed by atoms with Gasteiger partial charge in [-0.15, -0.1) is 0 Å². The predicted molar refractivity (Wildman–Crippen MR) is 112 cm³/mol. The molecule has 1 aliphatic carbocycles. The van der Waals surface area contributed by atoms with Gasteiger partial charge < -0.3 is 4.74 Å². The highest BCUT2D eigenvalue weighted by Gasteiger charge is 2.22. The van der Waals surface area contributed by atoms with E-state index in [1.165, 1.54) is 38.5 Å². The zero-order valence-corrected chi connectivity index (χ0v) is 16.7. The second-order valence-corrected chi connectivity index (χ2v) is 8.16. The lowest BCUT2D eigenvalue weighted by Gasteiger charge is -2.29. The molecule has 2 nitrogen and oxygen atoms in total. The van der Waals surface area contributed by atoms with Crippen molar-refractivity contribution in [1.82, 2.24) is 0 Å². The predicted octanol–water partition coefficient (Wildman–Crippen LogP) is 6.85. The van der Waals surface area contributed by atoms with E-state index in [0.717, 1.165) is 35.3 Å². The van der Waals surface area contributed by atoms with Gasteiger partial charge >= 0.3 is 0 Å². The van der Waals surface area contributed by atoms with E-state index in [-0.39, 0.29) is 0 Å². The van der Waals surface area contributed by atoms with Crippen molar-refractivity contribution in [3.05, 3.63) is 54.1 Å². The lowest BCUT2D eigenvalue weighted by molar-refractivity contribution is 0.171. The Morgan fingerprint density at radius 1 is 0.926 bits per heavy atom. The van der Waals surface area contributed by atoms with Crippen LogP contribution in [-0.2, 0) is 0 Å². The van der Waals surface area contributed by atoms with Crippen molar-refractivity contribution in [2.45, 2.75) is 52.4 Å². The summed E-state index contributed by atoms with van der Waals surface area (Å²) in [5.41, 5.74) is 2.97. The SMILES string of the molecule is CCC(C)CC1CCC(COc2ccc(-c3ccc(C#N)cc3)cc2)CC1. The minimum atomic E-state index is 0.692. The maximum absolute atomic E-state index is 8.90. The van der Waals surface area contributed by atoms with Crippen LogP contribution in [-0.4, -0.2) is 6.61 Å². The molecule has 1 aliphatic rings. The molecule has 0 amide bonds. The average molecular weight is 362 g/mol. The van der Waals surface area contributed by atoms with Crippen molar-refractivity contribution in [3.63, 3.8) is 0 Å². The number of benzene rings is 2. The number of hydrogen-bond acceptors (Lipinski definition) is 2. The number of rotatable bonds is 7. The third-order valence-corrected chi connectivity index (χ3v) is 6.09. The Morgan fingerprint density at radius 2 is 1.48 bits per heavy atom. The zero-order chi connectivity index (χ0) is 19.1. The molecular weight excluding hydrogens is 330 g/mol. The number of hydrogen-bond donors (Lipinski definition) is 0. The summed E-state index contributed by atoms with van der Waals surface area (Å²) in [6, 6.07) is 18.2. The molecule has 2 heteroatoms. The summed E-state index contributed by atoms with van der Waals surface area (Å²) < 4.78 is 6.07. The molecule has 1 atom stereocenters. The summed E-state index contributed by atoms with van der Waals surface area (Å²) in [4.78, 5) is 0. The van der Waals surface area contributed by atoms with E-state index in [2.05, 4.69) is 44.2 Å². The Labute approximate surface area is 164 Å². The van der Waals surface area contributed by atoms with Crippen LogP contribution in [0.4, 0.5) is 0 Å². The van der Waals surface area contributed by atoms with Crippen LogP contribution in [0.15, 0.2) is 48.5 Å². The van der Waals surface area contributed by atoms with Crippen LogP contribution in [0, 0.1) is 29.1 Å². The Hall–Kier alpha value is -2.27. The molecular formula is C25H31NO. The van der Waals surface area contributed by atoms with Gasteiger partial charge in [0.2, 0.25) is 0 Å². The maximum atomic E-state index is 8.90. The van der Waals surface area contributed by atoms with Gasteiger partial charge in [-0.3, -0.25) is 0 Å². The summed E-state index contributed by atoms with van der Waals surface area (Å²) in [5, 5.41) is 8.90. The zero-order valence-electron chi connectivity index (χ0n) is 16.7. The van der Waals surface area contributed by atoms with Gasteiger partial charge in [-0.1, -0.05) is 57.4 Å². The largest absolute Gasteiger partial charge is 0.493 e. The van der Waals surface area contributed by atoms with Crippen molar-refractivity contribution in [2.24, 2.45) is 17.8 Å². The highest BCUT2D eigenvalue weighted by Crippen LogP contribution is 2.33. The first-order valence-electron chi connectivity index (χ1n) is 10.4. The molecule has 0 radical (unpaired) electrons. The molecule has 3 rings (SSSR count). The summed E-state index contributed by atoms with van der Waals surface area (Å²) >= 11 is 0. The van der Waals surface area contributed by atoms with Crippen LogP contribution in [0.25, 0.3) is 11.1 Å². The molecule has 1 saturated carbocycles. The molecule has 1 fully saturated rings. The highest BCUT2D eigenvalue weighted by molar-refractivity contribution is 5.64. The lowest BCUT2D eigenvalue weighted by atomic mass is 9.78. The van der Waals surface area contributed by atoms with E-state index in [9.17, 15) is 0 Å². The molecule has 27 heavy (non-hydrogen) atoms. The van der Waals surface area contributed by atoms with Crippen molar-refractivity contribution in [3.8, 4) is 22.9 Å². The van der Waals surface area contributed by atoms with E-state index >= 15 is 0 Å². The number of nitriles is 1. The van der Waals surface area contributed by atoms with Crippen LogP contribution in [0.5, 0.6) is 5.75 Å². The van der Waals surface area contributed by atoms with Crippen LogP contribution >= 0.6 is 0 Å². The fourth-order valence-corrected chi connectivity index (χ4v) is 4.06. The second-order valence-electron chi connectivity index (χ2n) is 8.16. The van der Waals surface area contributed by atoms with E-state index in [4.69, 9.17) is 10.00 Å². The van der Waals surface area contributed by atoms with Crippen molar-refractivity contribution >= 4 is 0 Å². The minimum Gasteiger partial charge on any atom is -0.493 e. The van der Waals surface area contributed by atoms with Crippen molar-refractivity contribution < 1.29 is 4.74 Å². The van der Waals surface area contributed by atoms with Gasteiger partial charge in [0.05, 0.1) is 18.2 Å². The normalized spacial score (nSPS) is 20.6.